The number of thiophene rings is 1. The fourth-order valence-corrected chi connectivity index (χ4v) is 2.99. The van der Waals surface area contributed by atoms with Gasteiger partial charge in [0, 0.05) is 5.69 Å². The first-order chi connectivity index (χ1) is 8.18. The molecule has 0 aromatic carbocycles. The van der Waals surface area contributed by atoms with Crippen molar-refractivity contribution in [3.8, 4) is 10.6 Å². The highest BCUT2D eigenvalue weighted by molar-refractivity contribution is 7.13. The van der Waals surface area contributed by atoms with Crippen molar-refractivity contribution in [2.45, 2.75) is 13.8 Å². The Morgan fingerprint density at radius 1 is 1.24 bits per heavy atom. The Kier molecular flexibility index (Phi) is 2.19. The minimum atomic E-state index is 0.726. The minimum Gasteiger partial charge on any atom is -0.383 e. The number of imidazole rings is 1. The summed E-state index contributed by atoms with van der Waals surface area (Å²) in [6, 6.07) is 8.12. The van der Waals surface area contributed by atoms with Crippen LogP contribution >= 0.6 is 11.3 Å². The molecule has 86 valence electrons. The number of nitrogens with zero attached hydrogens (tertiary/aromatic N) is 2. The van der Waals surface area contributed by atoms with Gasteiger partial charge in [-0.05, 0) is 43.0 Å². The van der Waals surface area contributed by atoms with Crippen molar-refractivity contribution in [2.24, 2.45) is 0 Å². The Morgan fingerprint density at radius 3 is 2.71 bits per heavy atom. The molecule has 0 aliphatic rings. The molecular formula is C13H13N3S. The van der Waals surface area contributed by atoms with Gasteiger partial charge in [0.1, 0.15) is 17.2 Å². The van der Waals surface area contributed by atoms with Gasteiger partial charge >= 0.3 is 0 Å². The highest BCUT2D eigenvalue weighted by atomic mass is 32.1. The molecule has 0 spiro atoms. The van der Waals surface area contributed by atoms with Gasteiger partial charge in [-0.3, -0.25) is 4.40 Å². The number of anilines is 1. The van der Waals surface area contributed by atoms with Crippen LogP contribution in [0.25, 0.3) is 16.2 Å². The maximum absolute atomic E-state index is 6.21. The number of rotatable bonds is 1. The summed E-state index contributed by atoms with van der Waals surface area (Å²) in [5.41, 5.74) is 10.3. The lowest BCUT2D eigenvalue weighted by Crippen LogP contribution is -1.97. The molecule has 0 amide bonds. The first-order valence-electron chi connectivity index (χ1n) is 5.46. The zero-order valence-electron chi connectivity index (χ0n) is 9.77. The summed E-state index contributed by atoms with van der Waals surface area (Å²) in [6.07, 6.45) is 0. The smallest absolute Gasteiger partial charge is 0.139 e. The second-order valence-electron chi connectivity index (χ2n) is 4.14. The normalized spacial score (nSPS) is 11.2. The van der Waals surface area contributed by atoms with Crippen molar-refractivity contribution in [1.82, 2.24) is 9.38 Å². The van der Waals surface area contributed by atoms with Crippen LogP contribution in [-0.4, -0.2) is 9.38 Å². The van der Waals surface area contributed by atoms with Gasteiger partial charge < -0.3 is 5.73 Å². The topological polar surface area (TPSA) is 43.3 Å². The summed E-state index contributed by atoms with van der Waals surface area (Å²) in [7, 11) is 0. The molecule has 17 heavy (non-hydrogen) atoms. The molecule has 2 N–H and O–H groups in total. The molecular weight excluding hydrogens is 230 g/mol. The van der Waals surface area contributed by atoms with Crippen molar-refractivity contribution >= 4 is 22.8 Å². The van der Waals surface area contributed by atoms with Crippen LogP contribution in [0.2, 0.25) is 0 Å². The number of nitrogens with two attached hydrogens (primary N) is 1. The van der Waals surface area contributed by atoms with E-state index < -0.39 is 0 Å². The molecule has 3 heterocycles. The first kappa shape index (κ1) is 10.4. The average Bonchev–Trinajstić information content (AvgIpc) is 2.84. The lowest BCUT2D eigenvalue weighted by Gasteiger charge is -2.01. The van der Waals surface area contributed by atoms with E-state index in [9.17, 15) is 0 Å². The van der Waals surface area contributed by atoms with E-state index in [0.717, 1.165) is 27.7 Å². The van der Waals surface area contributed by atoms with Gasteiger partial charge in [-0.25, -0.2) is 4.98 Å². The zero-order valence-corrected chi connectivity index (χ0v) is 10.6. The van der Waals surface area contributed by atoms with Crippen molar-refractivity contribution in [3.05, 3.63) is 40.9 Å². The third kappa shape index (κ3) is 1.45. The molecule has 0 unspecified atom stereocenters. The third-order valence-electron chi connectivity index (χ3n) is 2.95. The van der Waals surface area contributed by atoms with E-state index in [0.29, 0.717) is 0 Å². The highest BCUT2D eigenvalue weighted by Crippen LogP contribution is 2.33. The molecule has 3 nitrogen and oxygen atoms in total. The summed E-state index contributed by atoms with van der Waals surface area (Å²) in [4.78, 5) is 5.78. The van der Waals surface area contributed by atoms with E-state index in [4.69, 9.17) is 5.73 Å². The number of fused-ring (bicyclic) bond motifs is 1. The Labute approximate surface area is 104 Å². The van der Waals surface area contributed by atoms with Gasteiger partial charge in [0.25, 0.3) is 0 Å². The summed E-state index contributed by atoms with van der Waals surface area (Å²) in [6.45, 7) is 4.12. The standard InChI is InChI=1S/C13H13N3S/c1-8-6-7-17-12(8)11-13(14)16-9(2)4-3-5-10(16)15-11/h3-7H,14H2,1-2H3. The molecule has 3 aromatic rings. The number of hydrogen-bond acceptors (Lipinski definition) is 3. The monoisotopic (exact) mass is 243 g/mol. The van der Waals surface area contributed by atoms with Crippen LogP contribution in [0, 0.1) is 13.8 Å². The highest BCUT2D eigenvalue weighted by Gasteiger charge is 2.14. The molecule has 0 bridgehead atoms. The summed E-state index contributed by atoms with van der Waals surface area (Å²) in [5.74, 6) is 0.726. The van der Waals surface area contributed by atoms with Crippen molar-refractivity contribution in [1.29, 1.82) is 0 Å². The van der Waals surface area contributed by atoms with Crippen LogP contribution in [0.1, 0.15) is 11.3 Å². The number of hydrogen-bond donors (Lipinski definition) is 1. The first-order valence-corrected chi connectivity index (χ1v) is 6.34. The minimum absolute atomic E-state index is 0.726. The molecule has 0 saturated carbocycles. The molecule has 0 aliphatic carbocycles. The van der Waals surface area contributed by atoms with E-state index in [1.807, 2.05) is 29.5 Å². The second-order valence-corrected chi connectivity index (χ2v) is 5.06. The maximum Gasteiger partial charge on any atom is 0.139 e. The number of pyridine rings is 1. The number of aryl methyl sites for hydroxylation is 2. The molecule has 0 fully saturated rings. The molecule has 3 aromatic heterocycles. The number of nitrogen functional groups attached to an aromatic ring is 1. The largest absolute Gasteiger partial charge is 0.383 e. The van der Waals surface area contributed by atoms with E-state index in [1.54, 1.807) is 11.3 Å². The summed E-state index contributed by atoms with van der Waals surface area (Å²) < 4.78 is 1.99. The fourth-order valence-electron chi connectivity index (χ4n) is 2.06. The maximum atomic E-state index is 6.21. The molecule has 0 saturated heterocycles. The molecule has 0 aliphatic heterocycles. The number of aromatic nitrogens is 2. The van der Waals surface area contributed by atoms with Crippen LogP contribution < -0.4 is 5.73 Å². The SMILES string of the molecule is Cc1ccsc1-c1nc2cccc(C)n2c1N. The van der Waals surface area contributed by atoms with Crippen LogP contribution in [0.15, 0.2) is 29.6 Å². The van der Waals surface area contributed by atoms with E-state index in [2.05, 4.69) is 23.4 Å². The van der Waals surface area contributed by atoms with Crippen LogP contribution in [0.3, 0.4) is 0 Å². The Bertz CT molecular complexity index is 694. The molecule has 0 atom stereocenters. The van der Waals surface area contributed by atoms with Crippen LogP contribution in [0.5, 0.6) is 0 Å². The quantitative estimate of drug-likeness (QED) is 0.713. The molecule has 4 heteroatoms. The molecule has 3 rings (SSSR count). The Balaban J connectivity index is 2.36. The van der Waals surface area contributed by atoms with Gasteiger partial charge in [0.15, 0.2) is 0 Å². The average molecular weight is 243 g/mol. The van der Waals surface area contributed by atoms with Crippen molar-refractivity contribution in [3.63, 3.8) is 0 Å². The van der Waals surface area contributed by atoms with Crippen LogP contribution in [-0.2, 0) is 0 Å². The summed E-state index contributed by atoms with van der Waals surface area (Å²) >= 11 is 1.68. The zero-order chi connectivity index (χ0) is 12.0. The van der Waals surface area contributed by atoms with E-state index in [-0.39, 0.29) is 0 Å². The predicted molar refractivity (Wildman–Crippen MR) is 72.4 cm³/mol. The van der Waals surface area contributed by atoms with Gasteiger partial charge in [0.05, 0.1) is 4.88 Å². The fraction of sp³-hybridized carbons (Fsp3) is 0.154. The van der Waals surface area contributed by atoms with Crippen LogP contribution in [0.4, 0.5) is 5.82 Å². The molecule has 0 radical (unpaired) electrons. The predicted octanol–water partition coefficient (Wildman–Crippen LogP) is 3.26. The Hall–Kier alpha value is -1.81. The van der Waals surface area contributed by atoms with Gasteiger partial charge in [-0.2, -0.15) is 0 Å². The lowest BCUT2D eigenvalue weighted by atomic mass is 10.2. The van der Waals surface area contributed by atoms with E-state index >= 15 is 0 Å². The van der Waals surface area contributed by atoms with Crippen molar-refractivity contribution in [2.75, 3.05) is 5.73 Å². The van der Waals surface area contributed by atoms with E-state index in [1.165, 1.54) is 5.56 Å². The Morgan fingerprint density at radius 2 is 2.06 bits per heavy atom. The van der Waals surface area contributed by atoms with Gasteiger partial charge in [0.2, 0.25) is 0 Å². The third-order valence-corrected chi connectivity index (χ3v) is 3.97. The second kappa shape index (κ2) is 3.60. The van der Waals surface area contributed by atoms with Gasteiger partial charge in [-0.15, -0.1) is 11.3 Å². The summed E-state index contributed by atoms with van der Waals surface area (Å²) in [5, 5.41) is 2.07. The van der Waals surface area contributed by atoms with Crippen molar-refractivity contribution < 1.29 is 0 Å². The van der Waals surface area contributed by atoms with Gasteiger partial charge in [-0.1, -0.05) is 6.07 Å². The lowest BCUT2D eigenvalue weighted by molar-refractivity contribution is 1.10.